The van der Waals surface area contributed by atoms with E-state index in [1.807, 2.05) is 17.8 Å². The molecule has 136 valence electrons. The van der Waals surface area contributed by atoms with Crippen LogP contribution < -0.4 is 10.6 Å². The van der Waals surface area contributed by atoms with Crippen LogP contribution in [0, 0.1) is 0 Å². The minimum atomic E-state index is -0.144. The molecular weight excluding hydrogens is 437 g/mol. The summed E-state index contributed by atoms with van der Waals surface area (Å²) in [6.07, 6.45) is 1.83. The first-order chi connectivity index (χ1) is 11.3. The quantitative estimate of drug-likeness (QED) is 0.213. The molecule has 0 amide bonds. The number of ether oxygens (including phenoxy) is 2. The Bertz CT molecular complexity index is 482. The fraction of sp³-hybridized carbons (Fsp3) is 0.588. The van der Waals surface area contributed by atoms with Crippen LogP contribution >= 0.6 is 35.7 Å². The van der Waals surface area contributed by atoms with Gasteiger partial charge in [0.1, 0.15) is 0 Å². The minimum absolute atomic E-state index is 0. The number of rotatable bonds is 7. The first kappa shape index (κ1) is 21.5. The summed E-state index contributed by atoms with van der Waals surface area (Å²) in [5, 5.41) is 6.73. The summed E-state index contributed by atoms with van der Waals surface area (Å²) in [6, 6.07) is 10.4. The summed E-state index contributed by atoms with van der Waals surface area (Å²) in [7, 11) is 3.57. The normalized spacial score (nSPS) is 17.0. The lowest BCUT2D eigenvalue weighted by Crippen LogP contribution is -2.51. The summed E-state index contributed by atoms with van der Waals surface area (Å²) >= 11 is 1.84. The molecule has 1 saturated heterocycles. The molecule has 0 unspecified atom stereocenters. The van der Waals surface area contributed by atoms with Crippen LogP contribution in [0.3, 0.4) is 0 Å². The van der Waals surface area contributed by atoms with E-state index >= 15 is 0 Å². The van der Waals surface area contributed by atoms with Crippen LogP contribution in [-0.4, -0.2) is 57.8 Å². The molecule has 0 bridgehead atoms. The van der Waals surface area contributed by atoms with Gasteiger partial charge in [-0.05, 0) is 12.1 Å². The summed E-state index contributed by atoms with van der Waals surface area (Å²) < 4.78 is 11.2. The zero-order valence-electron chi connectivity index (χ0n) is 14.4. The molecule has 1 aromatic rings. The molecule has 1 aliphatic rings. The summed E-state index contributed by atoms with van der Waals surface area (Å²) in [4.78, 5) is 5.57. The Morgan fingerprint density at radius 2 is 1.96 bits per heavy atom. The van der Waals surface area contributed by atoms with Gasteiger partial charge in [0.05, 0.1) is 5.60 Å². The molecule has 0 saturated carbocycles. The highest BCUT2D eigenvalue weighted by molar-refractivity contribution is 14.0. The van der Waals surface area contributed by atoms with E-state index in [1.54, 1.807) is 14.2 Å². The molecule has 0 aliphatic carbocycles. The molecule has 2 rings (SSSR count). The van der Waals surface area contributed by atoms with Crippen molar-refractivity contribution in [1.29, 1.82) is 0 Å². The van der Waals surface area contributed by atoms with Gasteiger partial charge < -0.3 is 20.1 Å². The highest BCUT2D eigenvalue weighted by atomic mass is 127. The number of benzene rings is 1. The molecule has 1 fully saturated rings. The predicted octanol–water partition coefficient (Wildman–Crippen LogP) is 2.76. The lowest BCUT2D eigenvalue weighted by Gasteiger charge is -2.36. The Morgan fingerprint density at radius 1 is 1.25 bits per heavy atom. The predicted molar refractivity (Wildman–Crippen MR) is 112 cm³/mol. The van der Waals surface area contributed by atoms with Gasteiger partial charge in [0, 0.05) is 64.0 Å². The number of halogens is 1. The third kappa shape index (κ3) is 7.16. The fourth-order valence-corrected chi connectivity index (χ4v) is 3.31. The Morgan fingerprint density at radius 3 is 2.58 bits per heavy atom. The van der Waals surface area contributed by atoms with Gasteiger partial charge in [-0.2, -0.15) is 0 Å². The maximum Gasteiger partial charge on any atom is 0.191 e. The topological polar surface area (TPSA) is 54.9 Å². The van der Waals surface area contributed by atoms with E-state index in [9.17, 15) is 0 Å². The second kappa shape index (κ2) is 11.9. The smallest absolute Gasteiger partial charge is 0.191 e. The van der Waals surface area contributed by atoms with E-state index in [4.69, 9.17) is 9.47 Å². The lowest BCUT2D eigenvalue weighted by atomic mass is 9.94. The number of hydrogen-bond acceptors (Lipinski definition) is 4. The molecule has 0 radical (unpaired) electrons. The number of aliphatic imine (C=N–C) groups is 1. The SMILES string of the molecule is CN=C(NCCSc1ccccc1)NCC1(OC)CCOCC1.I. The van der Waals surface area contributed by atoms with Gasteiger partial charge in [-0.15, -0.1) is 35.7 Å². The summed E-state index contributed by atoms with van der Waals surface area (Å²) in [5.41, 5.74) is -0.144. The molecule has 2 N–H and O–H groups in total. The molecule has 7 heteroatoms. The van der Waals surface area contributed by atoms with E-state index in [2.05, 4.69) is 39.9 Å². The maximum absolute atomic E-state index is 5.73. The molecule has 1 aromatic carbocycles. The number of nitrogens with one attached hydrogen (secondary N) is 2. The van der Waals surface area contributed by atoms with Crippen LogP contribution in [0.25, 0.3) is 0 Å². The van der Waals surface area contributed by atoms with Gasteiger partial charge in [-0.3, -0.25) is 4.99 Å². The van der Waals surface area contributed by atoms with Gasteiger partial charge >= 0.3 is 0 Å². The molecule has 1 aliphatic heterocycles. The van der Waals surface area contributed by atoms with E-state index in [-0.39, 0.29) is 29.6 Å². The highest BCUT2D eigenvalue weighted by Crippen LogP contribution is 2.23. The van der Waals surface area contributed by atoms with Gasteiger partial charge in [0.15, 0.2) is 5.96 Å². The first-order valence-electron chi connectivity index (χ1n) is 8.03. The Kier molecular flexibility index (Phi) is 10.7. The number of nitrogens with zero attached hydrogens (tertiary/aromatic N) is 1. The number of guanidine groups is 1. The van der Waals surface area contributed by atoms with Gasteiger partial charge in [0.2, 0.25) is 0 Å². The van der Waals surface area contributed by atoms with Crippen molar-refractivity contribution < 1.29 is 9.47 Å². The molecule has 0 aromatic heterocycles. The van der Waals surface area contributed by atoms with Crippen LogP contribution in [0.2, 0.25) is 0 Å². The molecule has 0 atom stereocenters. The van der Waals surface area contributed by atoms with Crippen molar-refractivity contribution in [3.05, 3.63) is 30.3 Å². The number of thioether (sulfide) groups is 1. The molecule has 1 heterocycles. The van der Waals surface area contributed by atoms with Crippen molar-refractivity contribution in [1.82, 2.24) is 10.6 Å². The van der Waals surface area contributed by atoms with Crippen molar-refractivity contribution in [3.63, 3.8) is 0 Å². The standard InChI is InChI=1S/C17H27N3O2S.HI/c1-18-16(19-10-13-23-15-6-4-3-5-7-15)20-14-17(21-2)8-11-22-12-9-17;/h3-7H,8-14H2,1-2H3,(H2,18,19,20);1H. The molecular formula is C17H28IN3O2S. The van der Waals surface area contributed by atoms with Crippen LogP contribution in [0.5, 0.6) is 0 Å². The third-order valence-corrected chi connectivity index (χ3v) is 5.06. The lowest BCUT2D eigenvalue weighted by molar-refractivity contribution is -0.0855. The Balaban J connectivity index is 0.00000288. The van der Waals surface area contributed by atoms with Gasteiger partial charge in [-0.25, -0.2) is 0 Å². The number of hydrogen-bond donors (Lipinski definition) is 2. The summed E-state index contributed by atoms with van der Waals surface area (Å²) in [6.45, 7) is 3.13. The van der Waals surface area contributed by atoms with Crippen molar-refractivity contribution >= 4 is 41.7 Å². The Labute approximate surface area is 166 Å². The average molecular weight is 465 g/mol. The molecule has 0 spiro atoms. The summed E-state index contributed by atoms with van der Waals surface area (Å²) in [5.74, 6) is 1.81. The van der Waals surface area contributed by atoms with Gasteiger partial charge in [0.25, 0.3) is 0 Å². The average Bonchev–Trinajstić information content (AvgIpc) is 2.63. The van der Waals surface area contributed by atoms with Crippen LogP contribution in [0.4, 0.5) is 0 Å². The molecule has 24 heavy (non-hydrogen) atoms. The minimum Gasteiger partial charge on any atom is -0.381 e. The Hall–Kier alpha value is -0.510. The van der Waals surface area contributed by atoms with Crippen LogP contribution in [0.1, 0.15) is 12.8 Å². The molecule has 5 nitrogen and oxygen atoms in total. The van der Waals surface area contributed by atoms with Crippen molar-refractivity contribution in [3.8, 4) is 0 Å². The van der Waals surface area contributed by atoms with Crippen LogP contribution in [-0.2, 0) is 9.47 Å². The van der Waals surface area contributed by atoms with E-state index < -0.39 is 0 Å². The van der Waals surface area contributed by atoms with E-state index in [1.165, 1.54) is 4.90 Å². The van der Waals surface area contributed by atoms with Gasteiger partial charge in [-0.1, -0.05) is 18.2 Å². The zero-order valence-corrected chi connectivity index (χ0v) is 17.6. The third-order valence-electron chi connectivity index (χ3n) is 4.05. The van der Waals surface area contributed by atoms with E-state index in [0.29, 0.717) is 0 Å². The van der Waals surface area contributed by atoms with Crippen molar-refractivity contribution in [2.75, 3.05) is 46.2 Å². The first-order valence-corrected chi connectivity index (χ1v) is 9.02. The number of methoxy groups -OCH3 is 1. The van der Waals surface area contributed by atoms with Crippen molar-refractivity contribution in [2.45, 2.75) is 23.3 Å². The van der Waals surface area contributed by atoms with Crippen molar-refractivity contribution in [2.24, 2.45) is 4.99 Å². The maximum atomic E-state index is 5.73. The largest absolute Gasteiger partial charge is 0.381 e. The fourth-order valence-electron chi connectivity index (χ4n) is 2.52. The van der Waals surface area contributed by atoms with Crippen LogP contribution in [0.15, 0.2) is 40.2 Å². The highest BCUT2D eigenvalue weighted by Gasteiger charge is 2.32. The second-order valence-corrected chi connectivity index (χ2v) is 6.68. The monoisotopic (exact) mass is 465 g/mol. The second-order valence-electron chi connectivity index (χ2n) is 5.51. The zero-order chi connectivity index (χ0) is 16.4. The van der Waals surface area contributed by atoms with E-state index in [0.717, 1.165) is 50.9 Å².